The van der Waals surface area contributed by atoms with E-state index in [1.54, 1.807) is 0 Å². The number of likely N-dealkylation sites (tertiary alicyclic amines) is 1. The van der Waals surface area contributed by atoms with Crippen molar-refractivity contribution in [2.75, 3.05) is 39.3 Å². The van der Waals surface area contributed by atoms with Gasteiger partial charge in [-0.1, -0.05) is 26.7 Å². The van der Waals surface area contributed by atoms with Crippen molar-refractivity contribution in [2.45, 2.75) is 58.8 Å². The van der Waals surface area contributed by atoms with Crippen LogP contribution in [-0.4, -0.2) is 60.1 Å². The summed E-state index contributed by atoms with van der Waals surface area (Å²) in [7, 11) is 0. The average molecular weight is 298 g/mol. The first-order valence-corrected chi connectivity index (χ1v) is 8.82. The van der Waals surface area contributed by atoms with Crippen molar-refractivity contribution in [3.63, 3.8) is 0 Å². The normalized spacial score (nSPS) is 19.7. The van der Waals surface area contributed by atoms with E-state index in [0.717, 1.165) is 64.7 Å². The number of aliphatic hydroxyl groups excluding tert-OH is 1. The molecule has 1 atom stereocenters. The van der Waals surface area contributed by atoms with E-state index in [1.807, 2.05) is 0 Å². The lowest BCUT2D eigenvalue weighted by molar-refractivity contribution is -0.133. The fraction of sp³-hybridized carbons (Fsp3) is 0.941. The highest BCUT2D eigenvalue weighted by Gasteiger charge is 2.23. The number of piperidine rings is 1. The van der Waals surface area contributed by atoms with Crippen molar-refractivity contribution < 1.29 is 9.90 Å². The molecule has 4 nitrogen and oxygen atoms in total. The van der Waals surface area contributed by atoms with E-state index in [1.165, 1.54) is 6.42 Å². The van der Waals surface area contributed by atoms with Gasteiger partial charge in [0.2, 0.25) is 5.91 Å². The number of carbonyl (C=O) groups excluding carboxylic acids is 1. The van der Waals surface area contributed by atoms with Crippen LogP contribution >= 0.6 is 0 Å². The molecular formula is C17H34N2O2. The highest BCUT2D eigenvalue weighted by molar-refractivity contribution is 5.78. The Hall–Kier alpha value is -0.610. The van der Waals surface area contributed by atoms with E-state index in [-0.39, 0.29) is 6.61 Å². The Bertz CT molecular complexity index is 274. The first kappa shape index (κ1) is 18.4. The summed E-state index contributed by atoms with van der Waals surface area (Å²) < 4.78 is 0. The van der Waals surface area contributed by atoms with Crippen LogP contribution in [0.1, 0.15) is 58.8 Å². The Kier molecular flexibility index (Phi) is 9.68. The lowest BCUT2D eigenvalue weighted by Crippen LogP contribution is -2.45. The van der Waals surface area contributed by atoms with Crippen molar-refractivity contribution in [1.82, 2.24) is 9.80 Å². The molecule has 0 aromatic carbocycles. The minimum Gasteiger partial charge on any atom is -0.396 e. The van der Waals surface area contributed by atoms with Crippen molar-refractivity contribution in [2.24, 2.45) is 5.92 Å². The predicted octanol–water partition coefficient (Wildman–Crippen LogP) is 2.51. The molecule has 1 saturated heterocycles. The number of unbranched alkanes of at least 4 members (excludes halogenated alkanes) is 2. The molecule has 21 heavy (non-hydrogen) atoms. The molecule has 0 aromatic heterocycles. The van der Waals surface area contributed by atoms with Gasteiger partial charge in [-0.05, 0) is 44.6 Å². The van der Waals surface area contributed by atoms with Gasteiger partial charge in [-0.3, -0.25) is 9.69 Å². The second-order valence-electron chi connectivity index (χ2n) is 6.34. The summed E-state index contributed by atoms with van der Waals surface area (Å²) in [5.41, 5.74) is 0. The molecule has 1 amide bonds. The summed E-state index contributed by atoms with van der Waals surface area (Å²) >= 11 is 0. The molecule has 0 radical (unpaired) electrons. The molecule has 0 saturated carbocycles. The minimum atomic E-state index is 0.269. The van der Waals surface area contributed by atoms with Gasteiger partial charge in [0.1, 0.15) is 0 Å². The summed E-state index contributed by atoms with van der Waals surface area (Å²) in [6.07, 6.45) is 7.70. The monoisotopic (exact) mass is 298 g/mol. The van der Waals surface area contributed by atoms with Gasteiger partial charge in [0.25, 0.3) is 0 Å². The number of amides is 1. The number of aliphatic hydroxyl groups is 1. The summed E-state index contributed by atoms with van der Waals surface area (Å²) in [6.45, 7) is 9.00. The Balaban J connectivity index is 2.42. The molecule has 4 heteroatoms. The maximum absolute atomic E-state index is 12.5. The first-order chi connectivity index (χ1) is 10.2. The van der Waals surface area contributed by atoms with Crippen LogP contribution in [0, 0.1) is 5.92 Å². The van der Waals surface area contributed by atoms with Crippen LogP contribution in [0.5, 0.6) is 0 Å². The summed E-state index contributed by atoms with van der Waals surface area (Å²) in [6, 6.07) is 0. The van der Waals surface area contributed by atoms with Crippen LogP contribution in [0.15, 0.2) is 0 Å². The van der Waals surface area contributed by atoms with Gasteiger partial charge in [0.15, 0.2) is 0 Å². The lowest BCUT2D eigenvalue weighted by Gasteiger charge is -2.33. The second kappa shape index (κ2) is 11.0. The first-order valence-electron chi connectivity index (χ1n) is 8.82. The van der Waals surface area contributed by atoms with E-state index < -0.39 is 0 Å². The number of rotatable bonds is 10. The molecule has 1 N–H and O–H groups in total. The van der Waals surface area contributed by atoms with E-state index in [9.17, 15) is 4.79 Å². The Morgan fingerprint density at radius 2 is 1.90 bits per heavy atom. The smallest absolute Gasteiger partial charge is 0.236 e. The van der Waals surface area contributed by atoms with Crippen LogP contribution in [0.4, 0.5) is 0 Å². The standard InChI is InChI=1S/C17H34N2O2/c1-3-5-11-19(12-6-4-2)17(21)15-18-10-7-8-16(14-18)9-13-20/h16,20H,3-15H2,1-2H3. The molecular weight excluding hydrogens is 264 g/mol. The number of nitrogens with zero attached hydrogens (tertiary/aromatic N) is 2. The van der Waals surface area contributed by atoms with Crippen LogP contribution in [0.3, 0.4) is 0 Å². The largest absolute Gasteiger partial charge is 0.396 e. The number of hydrogen-bond donors (Lipinski definition) is 1. The SMILES string of the molecule is CCCCN(CCCC)C(=O)CN1CCCC(CCO)C1. The fourth-order valence-corrected chi connectivity index (χ4v) is 3.06. The third-order valence-electron chi connectivity index (χ3n) is 4.42. The van der Waals surface area contributed by atoms with E-state index in [0.29, 0.717) is 18.4 Å². The molecule has 0 aliphatic carbocycles. The third kappa shape index (κ3) is 7.28. The quantitative estimate of drug-likeness (QED) is 0.674. The second-order valence-corrected chi connectivity index (χ2v) is 6.34. The van der Waals surface area contributed by atoms with E-state index in [2.05, 4.69) is 23.6 Å². The van der Waals surface area contributed by atoms with Crippen LogP contribution in [0.25, 0.3) is 0 Å². The minimum absolute atomic E-state index is 0.269. The Labute approximate surface area is 130 Å². The molecule has 1 fully saturated rings. The van der Waals surface area contributed by atoms with Gasteiger partial charge in [0, 0.05) is 26.2 Å². The number of carbonyl (C=O) groups is 1. The lowest BCUT2D eigenvalue weighted by atomic mass is 9.95. The molecule has 124 valence electrons. The van der Waals surface area contributed by atoms with Gasteiger partial charge in [-0.25, -0.2) is 0 Å². The van der Waals surface area contributed by atoms with Crippen molar-refractivity contribution in [1.29, 1.82) is 0 Å². The zero-order valence-corrected chi connectivity index (χ0v) is 14.0. The van der Waals surface area contributed by atoms with Gasteiger partial charge in [0.05, 0.1) is 6.54 Å². The van der Waals surface area contributed by atoms with Crippen molar-refractivity contribution in [3.8, 4) is 0 Å². The summed E-state index contributed by atoms with van der Waals surface area (Å²) in [5.74, 6) is 0.859. The zero-order chi connectivity index (χ0) is 15.5. The summed E-state index contributed by atoms with van der Waals surface area (Å²) in [5, 5.41) is 9.08. The fourth-order valence-electron chi connectivity index (χ4n) is 3.06. The predicted molar refractivity (Wildman–Crippen MR) is 87.3 cm³/mol. The maximum Gasteiger partial charge on any atom is 0.236 e. The summed E-state index contributed by atoms with van der Waals surface area (Å²) in [4.78, 5) is 16.9. The van der Waals surface area contributed by atoms with E-state index in [4.69, 9.17) is 5.11 Å². The van der Waals surface area contributed by atoms with E-state index >= 15 is 0 Å². The molecule has 1 heterocycles. The average Bonchev–Trinajstić information content (AvgIpc) is 2.48. The molecule has 0 aromatic rings. The van der Waals surface area contributed by atoms with Gasteiger partial charge in [-0.2, -0.15) is 0 Å². The molecule has 1 rings (SSSR count). The maximum atomic E-state index is 12.5. The van der Waals surface area contributed by atoms with Gasteiger partial charge >= 0.3 is 0 Å². The Morgan fingerprint density at radius 1 is 1.24 bits per heavy atom. The third-order valence-corrected chi connectivity index (χ3v) is 4.42. The molecule has 1 aliphatic rings. The van der Waals surface area contributed by atoms with Gasteiger partial charge in [-0.15, -0.1) is 0 Å². The number of hydrogen-bond acceptors (Lipinski definition) is 3. The van der Waals surface area contributed by atoms with Crippen LogP contribution in [0.2, 0.25) is 0 Å². The molecule has 0 spiro atoms. The highest BCUT2D eigenvalue weighted by atomic mass is 16.3. The Morgan fingerprint density at radius 3 is 2.48 bits per heavy atom. The molecule has 1 aliphatic heterocycles. The molecule has 0 bridgehead atoms. The van der Waals surface area contributed by atoms with Crippen molar-refractivity contribution in [3.05, 3.63) is 0 Å². The molecule has 1 unspecified atom stereocenters. The van der Waals surface area contributed by atoms with Crippen LogP contribution < -0.4 is 0 Å². The van der Waals surface area contributed by atoms with Gasteiger partial charge < -0.3 is 10.0 Å². The zero-order valence-electron chi connectivity index (χ0n) is 14.0. The topological polar surface area (TPSA) is 43.8 Å². The highest BCUT2D eigenvalue weighted by Crippen LogP contribution is 2.19. The van der Waals surface area contributed by atoms with Crippen molar-refractivity contribution >= 4 is 5.91 Å². The van der Waals surface area contributed by atoms with Crippen LogP contribution in [-0.2, 0) is 4.79 Å².